The Balaban J connectivity index is 1.63. The molecule has 3 aromatic rings. The summed E-state index contributed by atoms with van der Waals surface area (Å²) in [5.41, 5.74) is 2.03. The number of ketones is 1. The van der Waals surface area contributed by atoms with Crippen molar-refractivity contribution in [3.8, 4) is 0 Å². The number of anilines is 1. The Kier molecular flexibility index (Phi) is 5.19. The molecule has 2 aromatic carbocycles. The van der Waals surface area contributed by atoms with Gasteiger partial charge in [0.1, 0.15) is 16.3 Å². The minimum absolute atomic E-state index is 0.209. The average molecular weight is 466 g/mol. The molecular weight excluding hydrogens is 454 g/mol. The molecule has 0 spiro atoms. The monoisotopic (exact) mass is 465 g/mol. The number of thioether (sulfide) groups is 1. The number of halogens is 1. The zero-order valence-corrected chi connectivity index (χ0v) is 18.1. The van der Waals surface area contributed by atoms with Crippen molar-refractivity contribution in [1.82, 2.24) is 0 Å². The van der Waals surface area contributed by atoms with Crippen LogP contribution in [-0.2, 0) is 9.63 Å². The summed E-state index contributed by atoms with van der Waals surface area (Å²) in [6, 6.07) is 19.8. The predicted octanol–water partition coefficient (Wildman–Crippen LogP) is 5.32. The molecule has 0 unspecified atom stereocenters. The fourth-order valence-electron chi connectivity index (χ4n) is 3.07. The van der Waals surface area contributed by atoms with E-state index < -0.39 is 5.97 Å². The lowest BCUT2D eigenvalue weighted by Crippen LogP contribution is -2.18. The molecule has 0 radical (unpaired) electrons. The van der Waals surface area contributed by atoms with E-state index in [2.05, 4.69) is 10.3 Å². The van der Waals surface area contributed by atoms with Crippen molar-refractivity contribution >= 4 is 62.9 Å². The summed E-state index contributed by atoms with van der Waals surface area (Å²) in [5.74, 6) is -0.806. The fraction of sp³-hybridized carbons (Fsp3) is 0. The Morgan fingerprint density at radius 3 is 2.48 bits per heavy atom. The molecule has 2 aliphatic heterocycles. The zero-order chi connectivity index (χ0) is 21.4. The SMILES string of the molecule is O=C1ON=C(c2ccccc2)/C1=C1\SC(C(=O)c2cccs2)=NN1c1ccc(Cl)cc1. The minimum Gasteiger partial charge on any atom is -0.312 e. The molecule has 0 atom stereocenters. The zero-order valence-electron chi connectivity index (χ0n) is 15.7. The van der Waals surface area contributed by atoms with E-state index in [0.717, 1.165) is 17.3 Å². The molecular formula is C22H12ClN3O3S2. The Labute approximate surface area is 190 Å². The summed E-state index contributed by atoms with van der Waals surface area (Å²) in [4.78, 5) is 31.2. The van der Waals surface area contributed by atoms with Crippen LogP contribution in [0.15, 0.2) is 93.0 Å². The molecule has 31 heavy (non-hydrogen) atoms. The van der Waals surface area contributed by atoms with Gasteiger partial charge in [0, 0.05) is 10.6 Å². The second-order valence-corrected chi connectivity index (χ2v) is 8.83. The number of thiophene rings is 1. The van der Waals surface area contributed by atoms with E-state index in [-0.39, 0.29) is 16.4 Å². The lowest BCUT2D eigenvalue weighted by Gasteiger charge is -2.17. The molecule has 0 bridgehead atoms. The molecule has 0 saturated heterocycles. The smallest absolute Gasteiger partial charge is 0.312 e. The molecule has 9 heteroatoms. The van der Waals surface area contributed by atoms with Crippen LogP contribution in [0.3, 0.4) is 0 Å². The first kappa shape index (κ1) is 19.7. The minimum atomic E-state index is -0.597. The van der Waals surface area contributed by atoms with E-state index in [0.29, 0.717) is 26.3 Å². The van der Waals surface area contributed by atoms with Gasteiger partial charge in [-0.05, 0) is 47.5 Å². The van der Waals surface area contributed by atoms with E-state index in [9.17, 15) is 9.59 Å². The third kappa shape index (κ3) is 3.69. The first-order valence-corrected chi connectivity index (χ1v) is 11.2. The van der Waals surface area contributed by atoms with E-state index in [1.165, 1.54) is 11.3 Å². The van der Waals surface area contributed by atoms with Gasteiger partial charge in [0.2, 0.25) is 5.78 Å². The molecule has 152 valence electrons. The summed E-state index contributed by atoms with van der Waals surface area (Å²) in [6.45, 7) is 0. The van der Waals surface area contributed by atoms with Crippen LogP contribution in [-0.4, -0.2) is 22.5 Å². The number of hydrogen-bond acceptors (Lipinski definition) is 8. The molecule has 2 aliphatic rings. The van der Waals surface area contributed by atoms with Crippen LogP contribution >= 0.6 is 34.7 Å². The highest BCUT2D eigenvalue weighted by Gasteiger charge is 2.38. The van der Waals surface area contributed by atoms with Crippen molar-refractivity contribution in [3.05, 3.63) is 98.2 Å². The number of hydrazone groups is 1. The third-order valence-electron chi connectivity index (χ3n) is 4.51. The van der Waals surface area contributed by atoms with Gasteiger partial charge in [-0.3, -0.25) is 4.79 Å². The van der Waals surface area contributed by atoms with E-state index in [1.807, 2.05) is 41.8 Å². The second kappa shape index (κ2) is 8.14. The van der Waals surface area contributed by atoms with Crippen LogP contribution in [0.5, 0.6) is 0 Å². The third-order valence-corrected chi connectivity index (χ3v) is 6.66. The molecule has 0 fully saturated rings. The van der Waals surface area contributed by atoms with E-state index >= 15 is 0 Å². The van der Waals surface area contributed by atoms with E-state index in [1.54, 1.807) is 35.3 Å². The highest BCUT2D eigenvalue weighted by atomic mass is 35.5. The molecule has 3 heterocycles. The molecule has 6 nitrogen and oxygen atoms in total. The molecule has 0 saturated carbocycles. The van der Waals surface area contributed by atoms with Crippen LogP contribution in [0.25, 0.3) is 0 Å². The Morgan fingerprint density at radius 1 is 1.00 bits per heavy atom. The highest BCUT2D eigenvalue weighted by molar-refractivity contribution is 8.19. The molecule has 5 rings (SSSR count). The van der Waals surface area contributed by atoms with Gasteiger partial charge in [-0.2, -0.15) is 5.10 Å². The van der Waals surface area contributed by atoms with Crippen molar-refractivity contribution in [3.63, 3.8) is 0 Å². The van der Waals surface area contributed by atoms with Gasteiger partial charge >= 0.3 is 5.97 Å². The number of rotatable bonds is 4. The van der Waals surface area contributed by atoms with Crippen molar-refractivity contribution in [2.24, 2.45) is 10.3 Å². The number of carbonyl (C=O) groups excluding carboxylic acids is 2. The standard InChI is InChI=1S/C22H12ClN3O3S2/c23-14-8-10-15(11-9-14)26-21(31-20(24-26)19(27)16-7-4-12-30-16)17-18(25-29-22(17)28)13-5-2-1-3-6-13/h1-12H/b21-17+. The quantitative estimate of drug-likeness (QED) is 0.296. The van der Waals surface area contributed by atoms with Crippen LogP contribution in [0, 0.1) is 0 Å². The van der Waals surface area contributed by atoms with E-state index in [4.69, 9.17) is 16.4 Å². The van der Waals surface area contributed by atoms with Crippen LogP contribution in [0.4, 0.5) is 5.69 Å². The van der Waals surface area contributed by atoms with Gasteiger partial charge in [-0.25, -0.2) is 9.80 Å². The fourth-order valence-corrected chi connectivity index (χ4v) is 4.95. The number of carbonyl (C=O) groups is 2. The molecule has 0 aliphatic carbocycles. The second-order valence-electron chi connectivity index (χ2n) is 6.47. The Morgan fingerprint density at radius 2 is 1.77 bits per heavy atom. The highest BCUT2D eigenvalue weighted by Crippen LogP contribution is 2.40. The number of Topliss-reactive ketones (excluding diaryl/α,β-unsaturated/α-hetero) is 1. The van der Waals surface area contributed by atoms with Crippen LogP contribution in [0.2, 0.25) is 5.02 Å². The number of benzene rings is 2. The Hall–Kier alpha value is -3.20. The number of nitrogens with zero attached hydrogens (tertiary/aromatic N) is 3. The summed E-state index contributed by atoms with van der Waals surface area (Å²) in [5, 5.41) is 13.2. The van der Waals surface area contributed by atoms with Crippen molar-refractivity contribution in [2.45, 2.75) is 0 Å². The molecule has 0 N–H and O–H groups in total. The largest absolute Gasteiger partial charge is 0.370 e. The predicted molar refractivity (Wildman–Crippen MR) is 124 cm³/mol. The number of hydrogen-bond donors (Lipinski definition) is 0. The van der Waals surface area contributed by atoms with Gasteiger partial charge in [0.25, 0.3) is 0 Å². The lowest BCUT2D eigenvalue weighted by molar-refractivity contribution is -0.136. The topological polar surface area (TPSA) is 71.3 Å². The van der Waals surface area contributed by atoms with Crippen molar-refractivity contribution < 1.29 is 14.4 Å². The van der Waals surface area contributed by atoms with Gasteiger partial charge in [-0.15, -0.1) is 11.3 Å². The lowest BCUT2D eigenvalue weighted by atomic mass is 10.0. The summed E-state index contributed by atoms with van der Waals surface area (Å²) in [6.07, 6.45) is 0. The van der Waals surface area contributed by atoms with Gasteiger partial charge < -0.3 is 4.84 Å². The van der Waals surface area contributed by atoms with Crippen molar-refractivity contribution in [2.75, 3.05) is 5.01 Å². The molecule has 0 amide bonds. The summed E-state index contributed by atoms with van der Waals surface area (Å²) in [7, 11) is 0. The summed E-state index contributed by atoms with van der Waals surface area (Å²) < 4.78 is 0. The van der Waals surface area contributed by atoms with Crippen LogP contribution in [0.1, 0.15) is 15.2 Å². The normalized spacial score (nSPS) is 18.1. The van der Waals surface area contributed by atoms with Crippen molar-refractivity contribution in [1.29, 1.82) is 0 Å². The first-order valence-electron chi connectivity index (χ1n) is 9.11. The maximum Gasteiger partial charge on any atom is 0.370 e. The Bertz CT molecular complexity index is 1270. The van der Waals surface area contributed by atoms with Gasteiger partial charge in [-0.1, -0.05) is 53.2 Å². The van der Waals surface area contributed by atoms with Gasteiger partial charge in [0.15, 0.2) is 5.04 Å². The summed E-state index contributed by atoms with van der Waals surface area (Å²) >= 11 is 8.50. The van der Waals surface area contributed by atoms with Gasteiger partial charge in [0.05, 0.1) is 10.6 Å². The number of oxime groups is 1. The van der Waals surface area contributed by atoms with Crippen LogP contribution < -0.4 is 5.01 Å². The average Bonchev–Trinajstić information content (AvgIpc) is 3.54. The molecule has 1 aromatic heterocycles. The maximum atomic E-state index is 13.0. The first-order chi connectivity index (χ1) is 15.1. The maximum absolute atomic E-state index is 13.0.